The molecule has 1 heterocycles. The third-order valence-corrected chi connectivity index (χ3v) is 4.14. The molecule has 3 rings (SSSR count). The quantitative estimate of drug-likeness (QED) is 0.678. The Bertz CT molecular complexity index is 985. The Balaban J connectivity index is 1.70. The molecule has 3 aromatic rings. The van der Waals surface area contributed by atoms with Crippen molar-refractivity contribution in [2.45, 2.75) is 13.0 Å². The Morgan fingerprint density at radius 1 is 1.11 bits per heavy atom. The minimum Gasteiger partial charge on any atom is -0.497 e. The predicted molar refractivity (Wildman–Crippen MR) is 105 cm³/mol. The van der Waals surface area contributed by atoms with Gasteiger partial charge in [-0.15, -0.1) is 0 Å². The summed E-state index contributed by atoms with van der Waals surface area (Å²) in [6.45, 7) is 1.89. The number of nitrogens with zero attached hydrogens (tertiary/aromatic N) is 2. The van der Waals surface area contributed by atoms with Gasteiger partial charge in [-0.25, -0.2) is 4.98 Å². The van der Waals surface area contributed by atoms with Gasteiger partial charge in [-0.1, -0.05) is 12.1 Å². The van der Waals surface area contributed by atoms with Crippen molar-refractivity contribution in [3.8, 4) is 11.5 Å². The molecule has 0 saturated heterocycles. The molecule has 0 bridgehead atoms. The number of carbonyl (C=O) groups is 1. The number of hydrogen-bond donors (Lipinski definition) is 1. The van der Waals surface area contributed by atoms with Crippen LogP contribution in [0.4, 0.5) is 0 Å². The number of para-hydroxylation sites is 2. The first-order chi connectivity index (χ1) is 13.1. The van der Waals surface area contributed by atoms with Crippen molar-refractivity contribution in [1.29, 1.82) is 0 Å². The van der Waals surface area contributed by atoms with Crippen molar-refractivity contribution in [2.75, 3.05) is 14.2 Å². The largest absolute Gasteiger partial charge is 0.497 e. The zero-order chi connectivity index (χ0) is 19.2. The van der Waals surface area contributed by atoms with Crippen LogP contribution in [0.25, 0.3) is 17.1 Å². The maximum atomic E-state index is 12.3. The van der Waals surface area contributed by atoms with Crippen molar-refractivity contribution in [1.82, 2.24) is 15.3 Å². The van der Waals surface area contributed by atoms with E-state index in [2.05, 4.69) is 15.3 Å². The van der Waals surface area contributed by atoms with Gasteiger partial charge in [0.1, 0.15) is 11.5 Å². The molecule has 0 saturated carbocycles. The molecule has 6 heteroatoms. The van der Waals surface area contributed by atoms with Crippen LogP contribution in [0.5, 0.6) is 11.5 Å². The average Bonchev–Trinajstić information content (AvgIpc) is 2.71. The topological polar surface area (TPSA) is 73.3 Å². The van der Waals surface area contributed by atoms with Crippen molar-refractivity contribution in [2.24, 2.45) is 0 Å². The smallest absolute Gasteiger partial charge is 0.244 e. The van der Waals surface area contributed by atoms with Gasteiger partial charge in [-0.3, -0.25) is 9.78 Å². The van der Waals surface area contributed by atoms with Crippen LogP contribution < -0.4 is 14.8 Å². The lowest BCUT2D eigenvalue weighted by molar-refractivity contribution is -0.117. The van der Waals surface area contributed by atoms with Gasteiger partial charge >= 0.3 is 0 Å². The van der Waals surface area contributed by atoms with Gasteiger partial charge in [0.25, 0.3) is 0 Å². The molecule has 138 valence electrons. The van der Waals surface area contributed by atoms with Gasteiger partial charge < -0.3 is 14.8 Å². The maximum absolute atomic E-state index is 12.3. The second-order valence-electron chi connectivity index (χ2n) is 5.96. The van der Waals surface area contributed by atoms with E-state index in [9.17, 15) is 4.79 Å². The Hall–Kier alpha value is -3.41. The molecule has 1 N–H and O–H groups in total. The molecule has 27 heavy (non-hydrogen) atoms. The van der Waals surface area contributed by atoms with Crippen LogP contribution in [-0.4, -0.2) is 30.1 Å². The molecule has 0 fully saturated rings. The number of aromatic nitrogens is 2. The third kappa shape index (κ3) is 4.41. The number of amides is 1. The fourth-order valence-electron chi connectivity index (χ4n) is 2.73. The highest BCUT2D eigenvalue weighted by Gasteiger charge is 2.14. The Labute approximate surface area is 157 Å². The first kappa shape index (κ1) is 18.4. The SMILES string of the molecule is COc1ccc(C(C)NC(=O)/C=C/c2cnc3ccccc3n2)c(OC)c1. The van der Waals surface area contributed by atoms with Crippen LogP contribution >= 0.6 is 0 Å². The predicted octanol–water partition coefficient (Wildman–Crippen LogP) is 3.54. The Kier molecular flexibility index (Phi) is 5.66. The van der Waals surface area contributed by atoms with Crippen LogP contribution in [0.1, 0.15) is 24.2 Å². The van der Waals surface area contributed by atoms with E-state index in [1.165, 1.54) is 6.08 Å². The second-order valence-corrected chi connectivity index (χ2v) is 5.96. The zero-order valence-corrected chi connectivity index (χ0v) is 15.5. The molecule has 1 atom stereocenters. The highest BCUT2D eigenvalue weighted by molar-refractivity contribution is 5.92. The number of ether oxygens (including phenoxy) is 2. The summed E-state index contributed by atoms with van der Waals surface area (Å²) in [4.78, 5) is 21.1. The Morgan fingerprint density at radius 2 is 1.89 bits per heavy atom. The molecule has 2 aromatic carbocycles. The van der Waals surface area contributed by atoms with E-state index < -0.39 is 0 Å². The van der Waals surface area contributed by atoms with Crippen molar-refractivity contribution >= 4 is 23.0 Å². The van der Waals surface area contributed by atoms with Gasteiger partial charge in [0.05, 0.1) is 43.2 Å². The van der Waals surface area contributed by atoms with E-state index in [0.29, 0.717) is 17.2 Å². The lowest BCUT2D eigenvalue weighted by Crippen LogP contribution is -2.25. The number of rotatable bonds is 6. The summed E-state index contributed by atoms with van der Waals surface area (Å²) in [6, 6.07) is 12.9. The molecule has 1 amide bonds. The van der Waals surface area contributed by atoms with Gasteiger partial charge in [-0.05, 0) is 37.3 Å². The molecule has 0 spiro atoms. The van der Waals surface area contributed by atoms with Crippen molar-refractivity contribution in [3.05, 3.63) is 66.0 Å². The summed E-state index contributed by atoms with van der Waals surface area (Å²) >= 11 is 0. The van der Waals surface area contributed by atoms with Gasteiger partial charge in [0, 0.05) is 17.7 Å². The van der Waals surface area contributed by atoms with Crippen LogP contribution in [0.15, 0.2) is 54.7 Å². The molecule has 0 aliphatic rings. The number of carbonyl (C=O) groups excluding carboxylic acids is 1. The van der Waals surface area contributed by atoms with E-state index in [-0.39, 0.29) is 11.9 Å². The summed E-state index contributed by atoms with van der Waals surface area (Å²) in [7, 11) is 3.19. The summed E-state index contributed by atoms with van der Waals surface area (Å²) in [5.74, 6) is 1.13. The van der Waals surface area contributed by atoms with Gasteiger partial charge in [0.15, 0.2) is 0 Å². The van der Waals surface area contributed by atoms with E-state index in [0.717, 1.165) is 16.6 Å². The lowest BCUT2D eigenvalue weighted by Gasteiger charge is -2.17. The Morgan fingerprint density at radius 3 is 2.63 bits per heavy atom. The standard InChI is InChI=1S/C21H21N3O3/c1-14(17-10-9-16(26-2)12-20(17)27-3)23-21(25)11-8-15-13-22-18-6-4-5-7-19(18)24-15/h4-14H,1-3H3,(H,23,25)/b11-8+. The van der Waals surface area contributed by atoms with Crippen molar-refractivity contribution < 1.29 is 14.3 Å². The van der Waals surface area contributed by atoms with E-state index in [1.54, 1.807) is 32.6 Å². The normalized spacial score (nSPS) is 12.1. The number of nitrogens with one attached hydrogen (secondary N) is 1. The zero-order valence-electron chi connectivity index (χ0n) is 15.5. The number of benzene rings is 2. The van der Waals surface area contributed by atoms with Crippen LogP contribution in [-0.2, 0) is 4.79 Å². The fraction of sp³-hybridized carbons (Fsp3) is 0.190. The first-order valence-electron chi connectivity index (χ1n) is 8.53. The van der Waals surface area contributed by atoms with Crippen LogP contribution in [0.3, 0.4) is 0 Å². The molecular formula is C21H21N3O3. The minimum atomic E-state index is -0.231. The molecular weight excluding hydrogens is 342 g/mol. The fourth-order valence-corrected chi connectivity index (χ4v) is 2.73. The summed E-state index contributed by atoms with van der Waals surface area (Å²) in [5, 5.41) is 2.92. The molecule has 6 nitrogen and oxygen atoms in total. The molecule has 1 aromatic heterocycles. The number of hydrogen-bond acceptors (Lipinski definition) is 5. The van der Waals surface area contributed by atoms with Crippen LogP contribution in [0, 0.1) is 0 Å². The van der Waals surface area contributed by atoms with E-state index >= 15 is 0 Å². The summed E-state index contributed by atoms with van der Waals surface area (Å²) < 4.78 is 10.6. The minimum absolute atomic E-state index is 0.227. The highest BCUT2D eigenvalue weighted by atomic mass is 16.5. The van der Waals surface area contributed by atoms with E-state index in [1.807, 2.05) is 43.3 Å². The van der Waals surface area contributed by atoms with Crippen molar-refractivity contribution in [3.63, 3.8) is 0 Å². The second kappa shape index (κ2) is 8.31. The summed E-state index contributed by atoms with van der Waals surface area (Å²) in [5.41, 5.74) is 3.10. The lowest BCUT2D eigenvalue weighted by atomic mass is 10.1. The third-order valence-electron chi connectivity index (χ3n) is 4.14. The molecule has 1 unspecified atom stereocenters. The maximum Gasteiger partial charge on any atom is 0.244 e. The monoisotopic (exact) mass is 363 g/mol. The highest BCUT2D eigenvalue weighted by Crippen LogP contribution is 2.29. The van der Waals surface area contributed by atoms with E-state index in [4.69, 9.17) is 9.47 Å². The molecule has 0 aliphatic heterocycles. The average molecular weight is 363 g/mol. The summed E-state index contributed by atoms with van der Waals surface area (Å²) in [6.07, 6.45) is 4.74. The number of fused-ring (bicyclic) bond motifs is 1. The van der Waals surface area contributed by atoms with Crippen LogP contribution in [0.2, 0.25) is 0 Å². The molecule has 0 aliphatic carbocycles. The van der Waals surface area contributed by atoms with Gasteiger partial charge in [0.2, 0.25) is 5.91 Å². The number of methoxy groups -OCH3 is 2. The first-order valence-corrected chi connectivity index (χ1v) is 8.53. The molecule has 0 radical (unpaired) electrons. The van der Waals surface area contributed by atoms with Gasteiger partial charge in [-0.2, -0.15) is 0 Å².